The van der Waals surface area contributed by atoms with Crippen molar-refractivity contribution in [1.82, 2.24) is 24.6 Å². The van der Waals surface area contributed by atoms with Crippen molar-refractivity contribution in [3.63, 3.8) is 0 Å². The van der Waals surface area contributed by atoms with E-state index in [0.717, 1.165) is 28.9 Å². The fraction of sp³-hybridized carbons (Fsp3) is 0.314. The van der Waals surface area contributed by atoms with E-state index in [9.17, 15) is 4.79 Å². The Morgan fingerprint density at radius 2 is 1.81 bits per heavy atom. The Hall–Kier alpha value is -4.56. The van der Waals surface area contributed by atoms with E-state index in [1.165, 1.54) is 21.9 Å². The second kappa shape index (κ2) is 13.6. The van der Waals surface area contributed by atoms with Crippen molar-refractivity contribution in [3.05, 3.63) is 102 Å². The fourth-order valence-corrected chi connectivity index (χ4v) is 5.15. The molecule has 1 amide bonds. The largest absolute Gasteiger partial charge is 0.372 e. The van der Waals surface area contributed by atoms with Crippen molar-refractivity contribution in [1.29, 1.82) is 0 Å². The lowest BCUT2D eigenvalue weighted by molar-refractivity contribution is -0.148. The summed E-state index contributed by atoms with van der Waals surface area (Å²) >= 11 is 0. The normalized spacial score (nSPS) is 13.0. The average molecular weight is 577 g/mol. The van der Waals surface area contributed by atoms with Gasteiger partial charge >= 0.3 is 0 Å². The van der Waals surface area contributed by atoms with Gasteiger partial charge in [0.15, 0.2) is 0 Å². The van der Waals surface area contributed by atoms with Crippen LogP contribution in [-0.2, 0) is 23.0 Å². The Bertz CT molecular complexity index is 1690. The molecule has 8 nitrogen and oxygen atoms in total. The minimum atomic E-state index is 0.186. The molecule has 0 aliphatic carbocycles. The molecule has 0 bridgehead atoms. The number of nitrogens with zero attached hydrogens (tertiary/aromatic N) is 5. The van der Waals surface area contributed by atoms with Gasteiger partial charge in [-0.15, -0.1) is 0 Å². The van der Waals surface area contributed by atoms with Gasteiger partial charge in [-0.05, 0) is 68.1 Å². The molecule has 1 aliphatic heterocycles. The van der Waals surface area contributed by atoms with E-state index in [0.29, 0.717) is 25.5 Å². The predicted molar refractivity (Wildman–Crippen MR) is 172 cm³/mol. The van der Waals surface area contributed by atoms with Crippen molar-refractivity contribution >= 4 is 28.3 Å². The summed E-state index contributed by atoms with van der Waals surface area (Å²) in [6.45, 7) is 9.66. The molecule has 0 radical (unpaired) electrons. The number of aryl methyl sites for hydroxylation is 4. The van der Waals surface area contributed by atoms with E-state index in [1.807, 2.05) is 38.1 Å². The number of anilines is 2. The molecule has 8 heteroatoms. The molecular weight excluding hydrogens is 536 g/mol. The molecule has 0 atom stereocenters. The summed E-state index contributed by atoms with van der Waals surface area (Å²) < 4.78 is 7.45. The van der Waals surface area contributed by atoms with Crippen LogP contribution < -0.4 is 5.32 Å². The maximum absolute atomic E-state index is 12.5. The lowest BCUT2D eigenvalue weighted by atomic mass is 9.99. The molecule has 222 valence electrons. The SMILES string of the molecule is Cc1cc(-c2ccnc(Nc3cnn(C)c3)n2)ccc1CCC(=O)N1CC(OC(C)C)C1.Cc1ccc2ccccc2c1. The van der Waals surface area contributed by atoms with Crippen molar-refractivity contribution in [2.45, 2.75) is 52.7 Å². The predicted octanol–water partition coefficient (Wildman–Crippen LogP) is 6.65. The van der Waals surface area contributed by atoms with Crippen molar-refractivity contribution < 1.29 is 9.53 Å². The Morgan fingerprint density at radius 1 is 1.02 bits per heavy atom. The lowest BCUT2D eigenvalue weighted by Gasteiger charge is -2.40. The average Bonchev–Trinajstić information content (AvgIpc) is 3.38. The molecule has 1 saturated heterocycles. The maximum atomic E-state index is 12.5. The highest BCUT2D eigenvalue weighted by Gasteiger charge is 2.31. The molecule has 5 aromatic rings. The topological polar surface area (TPSA) is 85.2 Å². The van der Waals surface area contributed by atoms with E-state index >= 15 is 0 Å². The van der Waals surface area contributed by atoms with Gasteiger partial charge in [-0.1, -0.05) is 60.2 Å². The van der Waals surface area contributed by atoms with Crippen molar-refractivity contribution in [2.24, 2.45) is 7.05 Å². The lowest BCUT2D eigenvalue weighted by Crippen LogP contribution is -2.55. The number of amides is 1. The zero-order valence-corrected chi connectivity index (χ0v) is 25.6. The summed E-state index contributed by atoms with van der Waals surface area (Å²) in [7, 11) is 1.86. The molecule has 3 aromatic carbocycles. The molecule has 0 unspecified atom stereocenters. The summed E-state index contributed by atoms with van der Waals surface area (Å²) in [5.41, 5.74) is 6.36. The first-order valence-electron chi connectivity index (χ1n) is 14.8. The van der Waals surface area contributed by atoms with Gasteiger partial charge in [0, 0.05) is 44.5 Å². The Balaban J connectivity index is 0.000000279. The van der Waals surface area contributed by atoms with E-state index in [1.54, 1.807) is 17.1 Å². The number of aromatic nitrogens is 4. The zero-order valence-electron chi connectivity index (χ0n) is 25.6. The fourth-order valence-electron chi connectivity index (χ4n) is 5.15. The monoisotopic (exact) mass is 576 g/mol. The number of fused-ring (bicyclic) bond motifs is 1. The standard InChI is InChI=1S/C24H30N6O2.C11H10/c1-16(2)32-21-14-30(15-21)23(31)8-7-18-5-6-19(11-17(18)3)22-9-10-25-24(28-22)27-20-12-26-29(4)13-20;1-9-6-7-10-4-2-3-5-11(10)8-9/h5-6,9-13,16,21H,7-8,14-15H2,1-4H3,(H,25,27,28);2-8H,1H3. The highest BCUT2D eigenvalue weighted by molar-refractivity contribution is 5.82. The Labute approximate surface area is 253 Å². The first kappa shape index (κ1) is 29.9. The molecule has 0 saturated carbocycles. The molecule has 3 heterocycles. The highest BCUT2D eigenvalue weighted by atomic mass is 16.5. The molecule has 6 rings (SSSR count). The number of hydrogen-bond acceptors (Lipinski definition) is 6. The molecule has 1 fully saturated rings. The molecule has 2 aromatic heterocycles. The second-order valence-electron chi connectivity index (χ2n) is 11.4. The van der Waals surface area contributed by atoms with Crippen LogP contribution in [0.15, 0.2) is 85.3 Å². The van der Waals surface area contributed by atoms with E-state index < -0.39 is 0 Å². The van der Waals surface area contributed by atoms with E-state index in [2.05, 4.69) is 94.9 Å². The van der Waals surface area contributed by atoms with Crippen LogP contribution in [0.2, 0.25) is 0 Å². The van der Waals surface area contributed by atoms with Crippen LogP contribution in [0.5, 0.6) is 0 Å². The summed E-state index contributed by atoms with van der Waals surface area (Å²) in [6.07, 6.45) is 6.98. The number of ether oxygens (including phenoxy) is 1. The molecule has 43 heavy (non-hydrogen) atoms. The number of carbonyl (C=O) groups is 1. The maximum Gasteiger partial charge on any atom is 0.227 e. The Morgan fingerprint density at radius 3 is 2.53 bits per heavy atom. The van der Waals surface area contributed by atoms with Gasteiger partial charge in [0.05, 0.1) is 29.8 Å². The Kier molecular flexibility index (Phi) is 9.47. The van der Waals surface area contributed by atoms with Crippen molar-refractivity contribution in [2.75, 3.05) is 18.4 Å². The summed E-state index contributed by atoms with van der Waals surface area (Å²) in [6, 6.07) is 23.1. The molecule has 1 aliphatic rings. The van der Waals surface area contributed by atoms with Crippen LogP contribution in [0.1, 0.15) is 37.0 Å². The van der Waals surface area contributed by atoms with Gasteiger partial charge in [0.1, 0.15) is 0 Å². The summed E-state index contributed by atoms with van der Waals surface area (Å²) in [5.74, 6) is 0.719. The number of likely N-dealkylation sites (tertiary alicyclic amines) is 1. The van der Waals surface area contributed by atoms with Gasteiger partial charge in [-0.3, -0.25) is 9.48 Å². The van der Waals surface area contributed by atoms with Crippen molar-refractivity contribution in [3.8, 4) is 11.3 Å². The number of rotatable bonds is 8. The van der Waals surface area contributed by atoms with Gasteiger partial charge in [-0.2, -0.15) is 5.10 Å². The first-order valence-corrected chi connectivity index (χ1v) is 14.8. The third kappa shape index (κ3) is 8.05. The third-order valence-corrected chi connectivity index (χ3v) is 7.43. The van der Waals surface area contributed by atoms with Crippen LogP contribution in [0, 0.1) is 13.8 Å². The first-order chi connectivity index (χ1) is 20.7. The van der Waals surface area contributed by atoms with Crippen LogP contribution >= 0.6 is 0 Å². The minimum Gasteiger partial charge on any atom is -0.372 e. The van der Waals surface area contributed by atoms with Crippen LogP contribution in [0.3, 0.4) is 0 Å². The number of hydrogen-bond donors (Lipinski definition) is 1. The number of nitrogens with one attached hydrogen (secondary N) is 1. The third-order valence-electron chi connectivity index (χ3n) is 7.43. The second-order valence-corrected chi connectivity index (χ2v) is 11.4. The van der Waals surface area contributed by atoms with Gasteiger partial charge < -0.3 is 15.0 Å². The van der Waals surface area contributed by atoms with Crippen LogP contribution in [-0.4, -0.2) is 55.9 Å². The van der Waals surface area contributed by atoms with Crippen LogP contribution in [0.25, 0.3) is 22.0 Å². The molecule has 1 N–H and O–H groups in total. The summed E-state index contributed by atoms with van der Waals surface area (Å²) in [4.78, 5) is 23.3. The highest BCUT2D eigenvalue weighted by Crippen LogP contribution is 2.24. The quantitative estimate of drug-likeness (QED) is 0.223. The summed E-state index contributed by atoms with van der Waals surface area (Å²) in [5, 5.41) is 9.96. The van der Waals surface area contributed by atoms with E-state index in [-0.39, 0.29) is 18.1 Å². The van der Waals surface area contributed by atoms with Gasteiger partial charge in [-0.25, -0.2) is 9.97 Å². The molecule has 0 spiro atoms. The smallest absolute Gasteiger partial charge is 0.227 e. The van der Waals surface area contributed by atoms with E-state index in [4.69, 9.17) is 4.74 Å². The molecular formula is C35H40N6O2. The minimum absolute atomic E-state index is 0.186. The zero-order chi connectivity index (χ0) is 30.3. The number of carbonyl (C=O) groups excluding carboxylic acids is 1. The number of benzene rings is 3. The van der Waals surface area contributed by atoms with Crippen LogP contribution in [0.4, 0.5) is 11.6 Å². The van der Waals surface area contributed by atoms with Gasteiger partial charge in [0.25, 0.3) is 0 Å². The van der Waals surface area contributed by atoms with Gasteiger partial charge in [0.2, 0.25) is 11.9 Å².